The van der Waals surface area contributed by atoms with Crippen molar-refractivity contribution in [2.45, 2.75) is 6.54 Å². The quantitative estimate of drug-likeness (QED) is 0.788. The molecule has 0 heterocycles. The molecule has 23 heavy (non-hydrogen) atoms. The summed E-state index contributed by atoms with van der Waals surface area (Å²) in [6, 6.07) is 9.71. The summed E-state index contributed by atoms with van der Waals surface area (Å²) in [5.41, 5.74) is 0.793. The Morgan fingerprint density at radius 3 is 2.61 bits per heavy atom. The molecule has 122 valence electrons. The van der Waals surface area contributed by atoms with Crippen molar-refractivity contribution in [3.63, 3.8) is 0 Å². The summed E-state index contributed by atoms with van der Waals surface area (Å²) < 4.78 is 25.1. The molecule has 0 fully saturated rings. The monoisotopic (exact) mass is 381 g/mol. The van der Waals surface area contributed by atoms with E-state index in [4.69, 9.17) is 9.47 Å². The molecular weight excluding hydrogens is 365 g/mol. The zero-order chi connectivity index (χ0) is 17.0. The van der Waals surface area contributed by atoms with Gasteiger partial charge in [-0.3, -0.25) is 4.79 Å². The summed E-state index contributed by atoms with van der Waals surface area (Å²) in [6.07, 6.45) is 0. The van der Waals surface area contributed by atoms with Crippen LogP contribution in [0.25, 0.3) is 0 Å². The topological polar surface area (TPSA) is 38.8 Å². The predicted octanol–water partition coefficient (Wildman–Crippen LogP) is 3.88. The van der Waals surface area contributed by atoms with Crippen molar-refractivity contribution in [1.29, 1.82) is 0 Å². The van der Waals surface area contributed by atoms with Crippen molar-refractivity contribution in [3.05, 3.63) is 57.8 Å². The van der Waals surface area contributed by atoms with Crippen LogP contribution in [-0.4, -0.2) is 32.1 Å². The van der Waals surface area contributed by atoms with Crippen molar-refractivity contribution in [2.24, 2.45) is 0 Å². The SMILES string of the molecule is COc1cccc(C(=O)N(C)Cc2cc(Br)ccc2F)c1OC. The van der Waals surface area contributed by atoms with Crippen LogP contribution in [0.3, 0.4) is 0 Å². The summed E-state index contributed by atoms with van der Waals surface area (Å²) >= 11 is 3.30. The highest BCUT2D eigenvalue weighted by molar-refractivity contribution is 9.10. The van der Waals surface area contributed by atoms with Gasteiger partial charge in [-0.1, -0.05) is 22.0 Å². The number of hydrogen-bond donors (Lipinski definition) is 0. The lowest BCUT2D eigenvalue weighted by molar-refractivity contribution is 0.0779. The third-order valence-electron chi connectivity index (χ3n) is 3.40. The molecule has 2 aromatic carbocycles. The molecule has 0 aliphatic rings. The fraction of sp³-hybridized carbons (Fsp3) is 0.235. The van der Waals surface area contributed by atoms with Gasteiger partial charge in [0.15, 0.2) is 11.5 Å². The first kappa shape index (κ1) is 17.3. The van der Waals surface area contributed by atoms with Gasteiger partial charge in [0.05, 0.1) is 19.8 Å². The van der Waals surface area contributed by atoms with E-state index in [2.05, 4.69) is 15.9 Å². The molecule has 0 aromatic heterocycles. The molecule has 0 saturated carbocycles. The molecule has 2 aromatic rings. The minimum absolute atomic E-state index is 0.143. The number of halogens is 2. The Kier molecular flexibility index (Phi) is 5.60. The largest absolute Gasteiger partial charge is 0.493 e. The van der Waals surface area contributed by atoms with Crippen LogP contribution in [0.15, 0.2) is 40.9 Å². The van der Waals surface area contributed by atoms with Gasteiger partial charge >= 0.3 is 0 Å². The third kappa shape index (κ3) is 3.82. The van der Waals surface area contributed by atoms with Gasteiger partial charge in [-0.25, -0.2) is 4.39 Å². The zero-order valence-electron chi connectivity index (χ0n) is 13.1. The molecule has 0 atom stereocenters. The number of hydrogen-bond acceptors (Lipinski definition) is 3. The first-order chi connectivity index (χ1) is 11.0. The normalized spacial score (nSPS) is 10.3. The van der Waals surface area contributed by atoms with E-state index in [0.29, 0.717) is 22.6 Å². The van der Waals surface area contributed by atoms with Crippen LogP contribution in [0.4, 0.5) is 4.39 Å². The second kappa shape index (κ2) is 7.46. The van der Waals surface area contributed by atoms with Gasteiger partial charge in [-0.15, -0.1) is 0 Å². The second-order valence-electron chi connectivity index (χ2n) is 4.94. The predicted molar refractivity (Wildman–Crippen MR) is 89.4 cm³/mol. The Bertz CT molecular complexity index is 721. The van der Waals surface area contributed by atoms with E-state index in [9.17, 15) is 9.18 Å². The number of ether oxygens (including phenoxy) is 2. The number of carbonyl (C=O) groups is 1. The molecule has 0 saturated heterocycles. The Morgan fingerprint density at radius 1 is 1.22 bits per heavy atom. The van der Waals surface area contributed by atoms with Crippen LogP contribution in [0.2, 0.25) is 0 Å². The summed E-state index contributed by atoms with van der Waals surface area (Å²) in [5.74, 6) is 0.201. The second-order valence-corrected chi connectivity index (χ2v) is 5.85. The lowest BCUT2D eigenvalue weighted by atomic mass is 10.1. The van der Waals surface area contributed by atoms with Crippen LogP contribution >= 0.6 is 15.9 Å². The first-order valence-electron chi connectivity index (χ1n) is 6.88. The molecule has 0 aliphatic carbocycles. The van der Waals surface area contributed by atoms with Gasteiger partial charge in [-0.05, 0) is 30.3 Å². The molecule has 0 unspecified atom stereocenters. The Balaban J connectivity index is 2.28. The molecule has 0 radical (unpaired) electrons. The smallest absolute Gasteiger partial charge is 0.257 e. The molecule has 0 spiro atoms. The van der Waals surface area contributed by atoms with Gasteiger partial charge in [-0.2, -0.15) is 0 Å². The number of rotatable bonds is 5. The van der Waals surface area contributed by atoms with Gasteiger partial charge in [0.2, 0.25) is 0 Å². The average molecular weight is 382 g/mol. The Labute approximate surface area is 142 Å². The van der Waals surface area contributed by atoms with E-state index in [-0.39, 0.29) is 18.3 Å². The van der Waals surface area contributed by atoms with Crippen LogP contribution in [0.5, 0.6) is 11.5 Å². The molecular formula is C17H17BrFNO3. The van der Waals surface area contributed by atoms with Crippen LogP contribution < -0.4 is 9.47 Å². The maximum absolute atomic E-state index is 13.9. The fourth-order valence-corrected chi connectivity index (χ4v) is 2.66. The minimum Gasteiger partial charge on any atom is -0.493 e. The number of benzene rings is 2. The summed E-state index contributed by atoms with van der Waals surface area (Å²) in [4.78, 5) is 14.1. The van der Waals surface area contributed by atoms with Crippen molar-refractivity contribution in [1.82, 2.24) is 4.90 Å². The molecule has 0 bridgehead atoms. The summed E-state index contributed by atoms with van der Waals surface area (Å²) in [7, 11) is 4.59. The van der Waals surface area contributed by atoms with Gasteiger partial charge in [0, 0.05) is 23.6 Å². The van der Waals surface area contributed by atoms with E-state index >= 15 is 0 Å². The van der Waals surface area contributed by atoms with E-state index < -0.39 is 0 Å². The highest BCUT2D eigenvalue weighted by atomic mass is 79.9. The molecule has 6 heteroatoms. The van der Waals surface area contributed by atoms with Gasteiger partial charge < -0.3 is 14.4 Å². The van der Waals surface area contributed by atoms with Crippen LogP contribution in [0.1, 0.15) is 15.9 Å². The molecule has 0 N–H and O–H groups in total. The minimum atomic E-state index is -0.356. The Hall–Kier alpha value is -2.08. The lowest BCUT2D eigenvalue weighted by Gasteiger charge is -2.20. The highest BCUT2D eigenvalue weighted by Gasteiger charge is 2.20. The van der Waals surface area contributed by atoms with E-state index in [1.54, 1.807) is 37.4 Å². The number of methoxy groups -OCH3 is 2. The molecule has 2 rings (SSSR count). The molecule has 1 amide bonds. The van der Waals surface area contributed by atoms with E-state index in [0.717, 1.165) is 4.47 Å². The van der Waals surface area contributed by atoms with Gasteiger partial charge in [0.1, 0.15) is 5.82 Å². The van der Waals surface area contributed by atoms with E-state index in [1.807, 2.05) is 0 Å². The van der Waals surface area contributed by atoms with Crippen LogP contribution in [-0.2, 0) is 6.54 Å². The maximum Gasteiger partial charge on any atom is 0.257 e. The summed E-state index contributed by atoms with van der Waals surface area (Å²) in [5, 5.41) is 0. The lowest BCUT2D eigenvalue weighted by Crippen LogP contribution is -2.27. The first-order valence-corrected chi connectivity index (χ1v) is 7.67. The van der Waals surface area contributed by atoms with Crippen molar-refractivity contribution in [2.75, 3.05) is 21.3 Å². The number of carbonyl (C=O) groups excluding carboxylic acids is 1. The summed E-state index contributed by atoms with van der Waals surface area (Å²) in [6.45, 7) is 0.143. The van der Waals surface area contributed by atoms with Gasteiger partial charge in [0.25, 0.3) is 5.91 Å². The third-order valence-corrected chi connectivity index (χ3v) is 3.89. The fourth-order valence-electron chi connectivity index (χ4n) is 2.25. The maximum atomic E-state index is 13.9. The van der Waals surface area contributed by atoms with E-state index in [1.165, 1.54) is 25.2 Å². The van der Waals surface area contributed by atoms with Crippen molar-refractivity contribution < 1.29 is 18.7 Å². The number of nitrogens with zero attached hydrogens (tertiary/aromatic N) is 1. The number of para-hydroxylation sites is 1. The highest BCUT2D eigenvalue weighted by Crippen LogP contribution is 2.31. The molecule has 0 aliphatic heterocycles. The van der Waals surface area contributed by atoms with Crippen molar-refractivity contribution >= 4 is 21.8 Å². The number of amides is 1. The molecule has 4 nitrogen and oxygen atoms in total. The van der Waals surface area contributed by atoms with Crippen molar-refractivity contribution in [3.8, 4) is 11.5 Å². The van der Waals surface area contributed by atoms with Crippen LogP contribution in [0, 0.1) is 5.82 Å². The Morgan fingerprint density at radius 2 is 1.96 bits per heavy atom. The zero-order valence-corrected chi connectivity index (χ0v) is 14.7. The standard InChI is InChI=1S/C17H17BrFNO3/c1-20(10-11-9-12(18)7-8-14(11)19)17(21)13-5-4-6-15(22-2)16(13)23-3/h4-9H,10H2,1-3H3. The average Bonchev–Trinajstić information content (AvgIpc) is 2.56.